The third-order valence-electron chi connectivity index (χ3n) is 2.06. The van der Waals surface area contributed by atoms with Crippen LogP contribution in [0.5, 0.6) is 5.75 Å². The highest BCUT2D eigenvalue weighted by molar-refractivity contribution is 6.40. The first kappa shape index (κ1) is 15.9. The minimum atomic E-state index is -1.14. The van der Waals surface area contributed by atoms with E-state index in [4.69, 9.17) is 44.6 Å². The van der Waals surface area contributed by atoms with Gasteiger partial charge in [-0.05, 0) is 19.1 Å². The number of nitrogens with one attached hydrogen (secondary N) is 1. The van der Waals surface area contributed by atoms with Gasteiger partial charge in [0.2, 0.25) is 0 Å². The standard InChI is InChI=1S/C11H10Cl3NO4/c1-5(11(17)18)15-9(16)4-19-10-7(13)2-6(12)3-8(10)14/h2-3,5H,4H2,1H3,(H,15,16)(H,17,18)/t5-/m0/s1. The monoisotopic (exact) mass is 325 g/mol. The number of hydrogen-bond donors (Lipinski definition) is 2. The zero-order valence-electron chi connectivity index (χ0n) is 9.75. The van der Waals surface area contributed by atoms with Crippen LogP contribution in [-0.2, 0) is 9.59 Å². The van der Waals surface area contributed by atoms with Crippen molar-refractivity contribution in [1.29, 1.82) is 0 Å². The number of carbonyl (C=O) groups excluding carboxylic acids is 1. The summed E-state index contributed by atoms with van der Waals surface area (Å²) >= 11 is 17.4. The first-order chi connectivity index (χ1) is 8.81. The summed E-state index contributed by atoms with van der Waals surface area (Å²) in [5, 5.41) is 11.5. The van der Waals surface area contributed by atoms with Gasteiger partial charge >= 0.3 is 5.97 Å². The van der Waals surface area contributed by atoms with Gasteiger partial charge in [-0.3, -0.25) is 9.59 Å². The van der Waals surface area contributed by atoms with E-state index in [0.29, 0.717) is 5.02 Å². The molecule has 5 nitrogen and oxygen atoms in total. The summed E-state index contributed by atoms with van der Waals surface area (Å²) in [7, 11) is 0. The Morgan fingerprint density at radius 3 is 2.32 bits per heavy atom. The molecule has 0 aliphatic heterocycles. The predicted molar refractivity (Wildman–Crippen MR) is 72.2 cm³/mol. The molecule has 0 aromatic heterocycles. The molecule has 1 atom stereocenters. The van der Waals surface area contributed by atoms with E-state index in [1.54, 1.807) is 0 Å². The molecule has 0 saturated carbocycles. The van der Waals surface area contributed by atoms with E-state index in [9.17, 15) is 9.59 Å². The van der Waals surface area contributed by atoms with E-state index in [2.05, 4.69) is 5.32 Å². The molecule has 0 heterocycles. The maximum atomic E-state index is 11.4. The van der Waals surface area contributed by atoms with Crippen LogP contribution in [0.1, 0.15) is 6.92 Å². The second-order valence-corrected chi connectivity index (χ2v) is 4.87. The number of carboxylic acid groups (broad SMARTS) is 1. The number of benzene rings is 1. The molecule has 0 unspecified atom stereocenters. The van der Waals surface area contributed by atoms with Crippen molar-refractivity contribution in [2.24, 2.45) is 0 Å². The SMILES string of the molecule is C[C@H](NC(=O)COc1c(Cl)cc(Cl)cc1Cl)C(=O)O. The molecule has 19 heavy (non-hydrogen) atoms. The van der Waals surface area contributed by atoms with Gasteiger partial charge in [0.15, 0.2) is 12.4 Å². The second-order valence-electron chi connectivity index (χ2n) is 3.61. The van der Waals surface area contributed by atoms with Gasteiger partial charge in [0.25, 0.3) is 5.91 Å². The lowest BCUT2D eigenvalue weighted by Gasteiger charge is -2.12. The van der Waals surface area contributed by atoms with E-state index in [1.807, 2.05) is 0 Å². The molecular formula is C11H10Cl3NO4. The first-order valence-electron chi connectivity index (χ1n) is 5.10. The molecule has 1 amide bonds. The van der Waals surface area contributed by atoms with Gasteiger partial charge in [0.05, 0.1) is 10.0 Å². The average Bonchev–Trinajstić information content (AvgIpc) is 2.27. The van der Waals surface area contributed by atoms with E-state index >= 15 is 0 Å². The minimum Gasteiger partial charge on any atom is -0.481 e. The molecule has 0 radical (unpaired) electrons. The number of carbonyl (C=O) groups is 2. The van der Waals surface area contributed by atoms with Crippen LogP contribution in [0.3, 0.4) is 0 Å². The molecule has 1 aromatic rings. The highest BCUT2D eigenvalue weighted by Crippen LogP contribution is 2.35. The number of ether oxygens (including phenoxy) is 1. The fourth-order valence-corrected chi connectivity index (χ4v) is 2.08. The van der Waals surface area contributed by atoms with Crippen LogP contribution in [-0.4, -0.2) is 29.6 Å². The molecule has 104 valence electrons. The third-order valence-corrected chi connectivity index (χ3v) is 2.84. The van der Waals surface area contributed by atoms with E-state index in [0.717, 1.165) is 0 Å². The smallest absolute Gasteiger partial charge is 0.325 e. The van der Waals surface area contributed by atoms with Gasteiger partial charge in [-0.2, -0.15) is 0 Å². The summed E-state index contributed by atoms with van der Waals surface area (Å²) in [6.07, 6.45) is 0. The fourth-order valence-electron chi connectivity index (χ4n) is 1.15. The number of halogens is 3. The molecule has 0 fully saturated rings. The van der Waals surface area contributed by atoms with E-state index < -0.39 is 24.5 Å². The fraction of sp³-hybridized carbons (Fsp3) is 0.273. The van der Waals surface area contributed by atoms with Crippen LogP contribution in [0.15, 0.2) is 12.1 Å². The maximum absolute atomic E-state index is 11.4. The second kappa shape index (κ2) is 6.84. The topological polar surface area (TPSA) is 75.6 Å². The van der Waals surface area contributed by atoms with Crippen LogP contribution in [0.25, 0.3) is 0 Å². The largest absolute Gasteiger partial charge is 0.481 e. The summed E-state index contributed by atoms with van der Waals surface area (Å²) in [6.45, 7) is 0.932. The van der Waals surface area contributed by atoms with Gasteiger partial charge < -0.3 is 15.2 Å². The number of aliphatic carboxylic acids is 1. The van der Waals surface area contributed by atoms with Crippen molar-refractivity contribution in [1.82, 2.24) is 5.32 Å². The zero-order chi connectivity index (χ0) is 14.6. The minimum absolute atomic E-state index is 0.117. The molecule has 0 aliphatic carbocycles. The van der Waals surface area contributed by atoms with E-state index in [-0.39, 0.29) is 15.8 Å². The summed E-state index contributed by atoms with van der Waals surface area (Å²) in [6, 6.07) is 1.83. The quantitative estimate of drug-likeness (QED) is 0.872. The molecule has 8 heteroatoms. The Bertz CT molecular complexity index is 484. The van der Waals surface area contributed by atoms with Crippen LogP contribution < -0.4 is 10.1 Å². The summed E-state index contributed by atoms with van der Waals surface area (Å²) in [5.41, 5.74) is 0. The molecule has 2 N–H and O–H groups in total. The van der Waals surface area contributed by atoms with Crippen molar-refractivity contribution in [3.63, 3.8) is 0 Å². The van der Waals surface area contributed by atoms with Crippen molar-refractivity contribution in [3.05, 3.63) is 27.2 Å². The predicted octanol–water partition coefficient (Wildman–Crippen LogP) is 2.61. The Morgan fingerprint density at radius 2 is 1.84 bits per heavy atom. The van der Waals surface area contributed by atoms with Crippen LogP contribution in [0.4, 0.5) is 0 Å². The lowest BCUT2D eigenvalue weighted by atomic mass is 10.3. The highest BCUT2D eigenvalue weighted by Gasteiger charge is 2.16. The van der Waals surface area contributed by atoms with Gasteiger partial charge in [-0.15, -0.1) is 0 Å². The molecular weight excluding hydrogens is 316 g/mol. The Morgan fingerprint density at radius 1 is 1.32 bits per heavy atom. The summed E-state index contributed by atoms with van der Waals surface area (Å²) < 4.78 is 5.14. The van der Waals surface area contributed by atoms with Crippen molar-refractivity contribution in [2.75, 3.05) is 6.61 Å². The normalized spacial score (nSPS) is 11.8. The molecule has 1 rings (SSSR count). The van der Waals surface area contributed by atoms with Crippen molar-refractivity contribution >= 4 is 46.7 Å². The van der Waals surface area contributed by atoms with Crippen molar-refractivity contribution in [2.45, 2.75) is 13.0 Å². The number of rotatable bonds is 5. The molecule has 0 saturated heterocycles. The maximum Gasteiger partial charge on any atom is 0.325 e. The first-order valence-corrected chi connectivity index (χ1v) is 6.24. The summed E-state index contributed by atoms with van der Waals surface area (Å²) in [4.78, 5) is 22.0. The lowest BCUT2D eigenvalue weighted by molar-refractivity contribution is -0.141. The van der Waals surface area contributed by atoms with Crippen molar-refractivity contribution < 1.29 is 19.4 Å². The molecule has 1 aromatic carbocycles. The lowest BCUT2D eigenvalue weighted by Crippen LogP contribution is -2.40. The van der Waals surface area contributed by atoms with Crippen LogP contribution >= 0.6 is 34.8 Å². The van der Waals surface area contributed by atoms with Crippen molar-refractivity contribution in [3.8, 4) is 5.75 Å². The number of amides is 1. The van der Waals surface area contributed by atoms with E-state index in [1.165, 1.54) is 19.1 Å². The van der Waals surface area contributed by atoms with Gasteiger partial charge in [-0.1, -0.05) is 34.8 Å². The van der Waals surface area contributed by atoms with Crippen LogP contribution in [0.2, 0.25) is 15.1 Å². The molecule has 0 spiro atoms. The van der Waals surface area contributed by atoms with Gasteiger partial charge in [0, 0.05) is 5.02 Å². The van der Waals surface area contributed by atoms with Gasteiger partial charge in [-0.25, -0.2) is 0 Å². The highest BCUT2D eigenvalue weighted by atomic mass is 35.5. The third kappa shape index (κ3) is 4.78. The molecule has 0 bridgehead atoms. The Kier molecular flexibility index (Phi) is 5.72. The average molecular weight is 327 g/mol. The summed E-state index contributed by atoms with van der Waals surface area (Å²) in [5.74, 6) is -1.63. The van der Waals surface area contributed by atoms with Gasteiger partial charge in [0.1, 0.15) is 6.04 Å². The number of carboxylic acids is 1. The Balaban J connectivity index is 2.63. The zero-order valence-corrected chi connectivity index (χ0v) is 12.0. The molecule has 0 aliphatic rings. The van der Waals surface area contributed by atoms with Crippen LogP contribution in [0, 0.1) is 0 Å². The number of hydrogen-bond acceptors (Lipinski definition) is 3. The Labute approximate surface area is 124 Å². The Hall–Kier alpha value is -1.17.